The predicted molar refractivity (Wildman–Crippen MR) is 120 cm³/mol. The van der Waals surface area contributed by atoms with Crippen molar-refractivity contribution in [3.63, 3.8) is 0 Å². The second-order valence-electron chi connectivity index (χ2n) is 7.87. The average Bonchev–Trinajstić information content (AvgIpc) is 2.62. The molecule has 1 heterocycles. The van der Waals surface area contributed by atoms with E-state index in [0.29, 0.717) is 18.1 Å². The molecule has 1 aliphatic heterocycles. The molecular formula is C21H36N4O3S. The maximum atomic E-state index is 12.2. The summed E-state index contributed by atoms with van der Waals surface area (Å²) in [6.07, 6.45) is 11.5. The Morgan fingerprint density at radius 1 is 1.38 bits per heavy atom. The van der Waals surface area contributed by atoms with Crippen molar-refractivity contribution >= 4 is 24.1 Å². The number of hydrogen-bond acceptors (Lipinski definition) is 7. The fraction of sp³-hybridized carbons (Fsp3) is 0.714. The minimum absolute atomic E-state index is 0.0634. The molecule has 1 aliphatic carbocycles. The highest BCUT2D eigenvalue weighted by Gasteiger charge is 2.37. The lowest BCUT2D eigenvalue weighted by Gasteiger charge is -2.47. The molecule has 0 radical (unpaired) electrons. The molecule has 2 fully saturated rings. The normalized spacial score (nSPS) is 21.5. The van der Waals surface area contributed by atoms with Crippen LogP contribution in [0.2, 0.25) is 0 Å². The number of nitrogens with zero attached hydrogens (tertiary/aromatic N) is 2. The zero-order chi connectivity index (χ0) is 21.2. The van der Waals surface area contributed by atoms with Crippen molar-refractivity contribution in [3.8, 4) is 0 Å². The van der Waals surface area contributed by atoms with Gasteiger partial charge in [0.1, 0.15) is 5.57 Å². The quantitative estimate of drug-likeness (QED) is 0.164. The third-order valence-corrected chi connectivity index (χ3v) is 6.72. The van der Waals surface area contributed by atoms with Gasteiger partial charge in [-0.3, -0.25) is 19.4 Å². The van der Waals surface area contributed by atoms with Gasteiger partial charge in [-0.25, -0.2) is 0 Å². The van der Waals surface area contributed by atoms with Gasteiger partial charge in [0.2, 0.25) is 0 Å². The third-order valence-electron chi connectivity index (χ3n) is 5.66. The van der Waals surface area contributed by atoms with Crippen LogP contribution < -0.4 is 10.5 Å². The molecule has 8 heteroatoms. The van der Waals surface area contributed by atoms with Crippen molar-refractivity contribution in [2.45, 2.75) is 44.8 Å². The number of methoxy groups -OCH3 is 2. The first kappa shape index (κ1) is 23.8. The monoisotopic (exact) mass is 424 g/mol. The van der Waals surface area contributed by atoms with Crippen LogP contribution in [-0.4, -0.2) is 69.3 Å². The van der Waals surface area contributed by atoms with Crippen LogP contribution in [0.4, 0.5) is 0 Å². The fourth-order valence-electron chi connectivity index (χ4n) is 3.52. The highest BCUT2D eigenvalue weighted by Crippen LogP contribution is 2.35. The van der Waals surface area contributed by atoms with Crippen molar-refractivity contribution in [2.24, 2.45) is 22.6 Å². The average molecular weight is 425 g/mol. The molecule has 29 heavy (non-hydrogen) atoms. The lowest BCUT2D eigenvalue weighted by molar-refractivity contribution is -0.115. The minimum Gasteiger partial charge on any atom is -0.482 e. The Labute approximate surface area is 179 Å². The Bertz CT molecular complexity index is 613. The molecule has 3 N–H and O–H groups in total. The molecule has 0 aromatic carbocycles. The van der Waals surface area contributed by atoms with Gasteiger partial charge >= 0.3 is 0 Å². The van der Waals surface area contributed by atoms with E-state index in [2.05, 4.69) is 33.7 Å². The van der Waals surface area contributed by atoms with Crippen molar-refractivity contribution in [1.82, 2.24) is 9.62 Å². The maximum Gasteiger partial charge on any atom is 0.268 e. The molecule has 1 saturated heterocycles. The molecule has 7 nitrogen and oxygen atoms in total. The number of carbonyl (C=O) groups excluding carboxylic acids is 1. The summed E-state index contributed by atoms with van der Waals surface area (Å²) in [4.78, 5) is 18.6. The first-order chi connectivity index (χ1) is 14.0. The zero-order valence-electron chi connectivity index (χ0n) is 18.1. The third kappa shape index (κ3) is 7.04. The van der Waals surface area contributed by atoms with E-state index in [1.54, 1.807) is 14.2 Å². The highest BCUT2D eigenvalue weighted by molar-refractivity contribution is 7.97. The standard InChI is InChI=1S/C21H36N4O3S/c1-15(14-29-24-21(26)18(11-23-2)20(22)28-4)7-5-10-19(16-8-6-9-16)25-12-17(13-25)27-3/h5,10-11,15-17,19H,6-9,12-14,22H2,1-4H3,(H,24,26)/b10-5+,20-18?,23-11?/t15-,19?/m0/s1. The summed E-state index contributed by atoms with van der Waals surface area (Å²) in [5.41, 5.74) is 5.94. The Balaban J connectivity index is 1.74. The van der Waals surface area contributed by atoms with Gasteiger partial charge < -0.3 is 15.2 Å². The first-order valence-corrected chi connectivity index (χ1v) is 11.3. The summed E-state index contributed by atoms with van der Waals surface area (Å²) in [6, 6.07) is 0.549. The summed E-state index contributed by atoms with van der Waals surface area (Å²) in [7, 11) is 4.82. The molecule has 2 aliphatic rings. The van der Waals surface area contributed by atoms with E-state index in [1.807, 2.05) is 0 Å². The predicted octanol–water partition coefficient (Wildman–Crippen LogP) is 2.35. The van der Waals surface area contributed by atoms with E-state index in [4.69, 9.17) is 15.2 Å². The van der Waals surface area contributed by atoms with Crippen LogP contribution in [0, 0.1) is 11.8 Å². The Hall–Kier alpha value is -1.51. The number of nitrogens with two attached hydrogens (primary N) is 1. The molecule has 1 unspecified atom stereocenters. The summed E-state index contributed by atoms with van der Waals surface area (Å²) >= 11 is 1.39. The number of allylic oxidation sites excluding steroid dienone is 1. The van der Waals surface area contributed by atoms with E-state index in [9.17, 15) is 4.79 Å². The summed E-state index contributed by atoms with van der Waals surface area (Å²) in [5, 5.41) is 0. The molecule has 2 atom stereocenters. The minimum atomic E-state index is -0.293. The number of rotatable bonds is 12. The van der Waals surface area contributed by atoms with Crippen LogP contribution in [0.1, 0.15) is 32.6 Å². The van der Waals surface area contributed by atoms with E-state index < -0.39 is 0 Å². The zero-order valence-corrected chi connectivity index (χ0v) is 18.9. The number of hydrogen-bond donors (Lipinski definition) is 2. The summed E-state index contributed by atoms with van der Waals surface area (Å²) in [6.45, 7) is 4.28. The van der Waals surface area contributed by atoms with Crippen LogP contribution in [0.25, 0.3) is 0 Å². The van der Waals surface area contributed by atoms with Gasteiger partial charge in [-0.1, -0.05) is 25.5 Å². The Kier molecular flexibility index (Phi) is 10.0. The van der Waals surface area contributed by atoms with Crippen molar-refractivity contribution < 1.29 is 14.3 Å². The second-order valence-corrected chi connectivity index (χ2v) is 8.70. The van der Waals surface area contributed by atoms with Gasteiger partial charge in [0.25, 0.3) is 5.91 Å². The van der Waals surface area contributed by atoms with Crippen LogP contribution in [0.3, 0.4) is 0 Å². The van der Waals surface area contributed by atoms with E-state index in [0.717, 1.165) is 31.2 Å². The molecule has 2 rings (SSSR count). The van der Waals surface area contributed by atoms with Crippen molar-refractivity contribution in [1.29, 1.82) is 0 Å². The number of nitrogens with one attached hydrogen (secondary N) is 1. The maximum absolute atomic E-state index is 12.2. The lowest BCUT2D eigenvalue weighted by atomic mass is 9.78. The smallest absolute Gasteiger partial charge is 0.268 e. The molecule has 1 amide bonds. The number of likely N-dealkylation sites (tertiary alicyclic amines) is 1. The largest absolute Gasteiger partial charge is 0.482 e. The molecule has 164 valence electrons. The van der Waals surface area contributed by atoms with Gasteiger partial charge in [-0.2, -0.15) is 0 Å². The molecule has 0 spiro atoms. The fourth-order valence-corrected chi connectivity index (χ4v) is 4.26. The highest BCUT2D eigenvalue weighted by atomic mass is 32.2. The van der Waals surface area contributed by atoms with Gasteiger partial charge in [0.05, 0.1) is 13.2 Å². The van der Waals surface area contributed by atoms with Crippen molar-refractivity contribution in [2.75, 3.05) is 40.1 Å². The Morgan fingerprint density at radius 2 is 2.10 bits per heavy atom. The van der Waals surface area contributed by atoms with Crippen LogP contribution in [0.5, 0.6) is 0 Å². The number of aliphatic imine (C=N–C) groups is 1. The second kappa shape index (κ2) is 12.2. The Morgan fingerprint density at radius 3 is 2.66 bits per heavy atom. The van der Waals surface area contributed by atoms with Gasteiger partial charge in [-0.15, -0.1) is 0 Å². The number of amides is 1. The molecule has 0 aromatic heterocycles. The lowest BCUT2D eigenvalue weighted by Crippen LogP contribution is -2.58. The summed E-state index contributed by atoms with van der Waals surface area (Å²) < 4.78 is 13.2. The summed E-state index contributed by atoms with van der Waals surface area (Å²) in [5.74, 6) is 1.84. The van der Waals surface area contributed by atoms with Gasteiger partial charge in [-0.05, 0) is 43.0 Å². The number of ether oxygens (including phenoxy) is 2. The topological polar surface area (TPSA) is 89.2 Å². The SMILES string of the molecule is CN=CC(C(=O)NSC[C@@H](C)C/C=C/C(C1CCC1)N1CC(OC)C1)=C(N)OC. The van der Waals surface area contributed by atoms with Crippen LogP contribution >= 0.6 is 11.9 Å². The van der Waals surface area contributed by atoms with E-state index in [1.165, 1.54) is 44.5 Å². The first-order valence-electron chi connectivity index (χ1n) is 10.3. The van der Waals surface area contributed by atoms with Crippen LogP contribution in [0.15, 0.2) is 28.6 Å². The molecule has 1 saturated carbocycles. The van der Waals surface area contributed by atoms with Crippen molar-refractivity contribution in [3.05, 3.63) is 23.6 Å². The van der Waals surface area contributed by atoms with E-state index >= 15 is 0 Å². The van der Waals surface area contributed by atoms with Gasteiger partial charge in [0, 0.05) is 45.3 Å². The molecule has 0 aromatic rings. The van der Waals surface area contributed by atoms with Gasteiger partial charge in [0.15, 0.2) is 5.88 Å². The molecule has 0 bridgehead atoms. The van der Waals surface area contributed by atoms with E-state index in [-0.39, 0.29) is 17.4 Å². The van der Waals surface area contributed by atoms with Crippen LogP contribution in [-0.2, 0) is 14.3 Å². The number of carbonyl (C=O) groups is 1. The molecular weight excluding hydrogens is 388 g/mol.